The molecular formula is C13H13ClN4O3. The van der Waals surface area contributed by atoms with Crippen molar-refractivity contribution in [3.05, 3.63) is 40.7 Å². The molecule has 1 aromatic carbocycles. The Morgan fingerprint density at radius 2 is 2.14 bits per heavy atom. The smallest absolute Gasteiger partial charge is 0.340 e. The molecule has 7 nitrogen and oxygen atoms in total. The van der Waals surface area contributed by atoms with E-state index in [2.05, 4.69) is 5.10 Å². The van der Waals surface area contributed by atoms with E-state index < -0.39 is 11.9 Å². The van der Waals surface area contributed by atoms with Crippen molar-refractivity contribution < 1.29 is 14.3 Å². The number of nitrogens with zero attached hydrogens (tertiary/aromatic N) is 2. The Balaban J connectivity index is 2.60. The summed E-state index contributed by atoms with van der Waals surface area (Å²) in [7, 11) is 0. The highest BCUT2D eigenvalue weighted by Gasteiger charge is 2.19. The number of carbonyl (C=O) groups excluding carboxylic acids is 2. The van der Waals surface area contributed by atoms with E-state index in [0.29, 0.717) is 5.69 Å². The van der Waals surface area contributed by atoms with E-state index in [1.54, 1.807) is 6.92 Å². The van der Waals surface area contributed by atoms with Crippen molar-refractivity contribution in [1.82, 2.24) is 9.78 Å². The summed E-state index contributed by atoms with van der Waals surface area (Å²) >= 11 is 6.14. The van der Waals surface area contributed by atoms with Gasteiger partial charge >= 0.3 is 5.97 Å². The number of nitrogens with two attached hydrogens (primary N) is 2. The number of aromatic nitrogens is 2. The van der Waals surface area contributed by atoms with E-state index in [9.17, 15) is 9.59 Å². The molecular weight excluding hydrogens is 296 g/mol. The van der Waals surface area contributed by atoms with Gasteiger partial charge in [-0.3, -0.25) is 4.79 Å². The van der Waals surface area contributed by atoms with Gasteiger partial charge in [0.2, 0.25) is 0 Å². The summed E-state index contributed by atoms with van der Waals surface area (Å²) in [6.07, 6.45) is 1.47. The Morgan fingerprint density at radius 1 is 1.43 bits per heavy atom. The second-order valence-corrected chi connectivity index (χ2v) is 4.54. The molecule has 0 aliphatic heterocycles. The monoisotopic (exact) mass is 308 g/mol. The Labute approximate surface area is 125 Å². The highest BCUT2D eigenvalue weighted by molar-refractivity contribution is 6.33. The standard InChI is InChI=1S/C13H13ClN4O3/c1-2-21-13(20)8-5-7(15)6-9(14)11(8)18-4-3-10(17-18)12(16)19/h3-6H,2,15H2,1H3,(H2,16,19). The van der Waals surface area contributed by atoms with Crippen molar-refractivity contribution in [3.63, 3.8) is 0 Å². The zero-order chi connectivity index (χ0) is 15.6. The molecule has 0 fully saturated rings. The van der Waals surface area contributed by atoms with Gasteiger partial charge in [0, 0.05) is 11.9 Å². The first-order chi connectivity index (χ1) is 9.93. The lowest BCUT2D eigenvalue weighted by Crippen LogP contribution is -2.14. The van der Waals surface area contributed by atoms with Crippen molar-refractivity contribution in [2.75, 3.05) is 12.3 Å². The topological polar surface area (TPSA) is 113 Å². The third-order valence-corrected chi connectivity index (χ3v) is 2.94. The number of esters is 1. The highest BCUT2D eigenvalue weighted by Crippen LogP contribution is 2.28. The lowest BCUT2D eigenvalue weighted by molar-refractivity contribution is 0.0526. The summed E-state index contributed by atoms with van der Waals surface area (Å²) in [6, 6.07) is 4.33. The maximum Gasteiger partial charge on any atom is 0.340 e. The summed E-state index contributed by atoms with van der Waals surface area (Å²) in [6.45, 7) is 1.89. The van der Waals surface area contributed by atoms with Crippen LogP contribution in [0.15, 0.2) is 24.4 Å². The Hall–Kier alpha value is -2.54. The normalized spacial score (nSPS) is 10.4. The summed E-state index contributed by atoms with van der Waals surface area (Å²) < 4.78 is 6.25. The summed E-state index contributed by atoms with van der Waals surface area (Å²) in [4.78, 5) is 23.1. The van der Waals surface area contributed by atoms with Crippen LogP contribution in [0.1, 0.15) is 27.8 Å². The van der Waals surface area contributed by atoms with Gasteiger partial charge in [0.1, 0.15) is 5.69 Å². The average Bonchev–Trinajstić information content (AvgIpc) is 2.87. The van der Waals surface area contributed by atoms with Crippen LogP contribution < -0.4 is 11.5 Å². The fourth-order valence-corrected chi connectivity index (χ4v) is 2.11. The molecule has 1 heterocycles. The van der Waals surface area contributed by atoms with Crippen LogP contribution in [0.2, 0.25) is 5.02 Å². The molecule has 4 N–H and O–H groups in total. The first kappa shape index (κ1) is 14.9. The molecule has 1 aromatic heterocycles. The van der Waals surface area contributed by atoms with Crippen LogP contribution in [0.3, 0.4) is 0 Å². The zero-order valence-corrected chi connectivity index (χ0v) is 11.9. The Morgan fingerprint density at radius 3 is 2.71 bits per heavy atom. The van der Waals surface area contributed by atoms with Crippen LogP contribution >= 0.6 is 11.6 Å². The molecule has 0 aliphatic rings. The minimum absolute atomic E-state index is 0.0534. The van der Waals surface area contributed by atoms with Gasteiger partial charge < -0.3 is 16.2 Å². The van der Waals surface area contributed by atoms with E-state index in [4.69, 9.17) is 27.8 Å². The molecule has 1 amide bonds. The first-order valence-corrected chi connectivity index (χ1v) is 6.43. The van der Waals surface area contributed by atoms with Gasteiger partial charge in [-0.25, -0.2) is 9.48 Å². The van der Waals surface area contributed by atoms with Crippen LogP contribution in [0.5, 0.6) is 0 Å². The number of ether oxygens (including phenoxy) is 1. The van der Waals surface area contributed by atoms with Gasteiger partial charge in [-0.15, -0.1) is 0 Å². The maximum atomic E-state index is 12.0. The van der Waals surface area contributed by atoms with Gasteiger partial charge in [0.05, 0.1) is 22.9 Å². The second-order valence-electron chi connectivity index (χ2n) is 4.13. The number of amides is 1. The Bertz CT molecular complexity index is 711. The van der Waals surface area contributed by atoms with Crippen LogP contribution in [0, 0.1) is 0 Å². The zero-order valence-electron chi connectivity index (χ0n) is 11.2. The van der Waals surface area contributed by atoms with E-state index in [1.165, 1.54) is 29.1 Å². The molecule has 0 bridgehead atoms. The number of rotatable bonds is 4. The number of halogens is 1. The molecule has 0 atom stereocenters. The van der Waals surface area contributed by atoms with Crippen LogP contribution in [-0.4, -0.2) is 28.3 Å². The number of hydrogen-bond donors (Lipinski definition) is 2. The van der Waals surface area contributed by atoms with E-state index >= 15 is 0 Å². The van der Waals surface area contributed by atoms with Crippen LogP contribution in [0.4, 0.5) is 5.69 Å². The number of benzene rings is 1. The molecule has 8 heteroatoms. The fourth-order valence-electron chi connectivity index (χ4n) is 1.80. The molecule has 0 saturated heterocycles. The van der Waals surface area contributed by atoms with Crippen LogP contribution in [0.25, 0.3) is 5.69 Å². The number of primary amides is 1. The van der Waals surface area contributed by atoms with Gasteiger partial charge in [-0.2, -0.15) is 5.10 Å². The van der Waals surface area contributed by atoms with Crippen molar-refractivity contribution in [2.45, 2.75) is 6.92 Å². The summed E-state index contributed by atoms with van der Waals surface area (Å²) in [5, 5.41) is 4.19. The predicted molar refractivity (Wildman–Crippen MR) is 77.5 cm³/mol. The predicted octanol–water partition coefficient (Wildman–Crippen LogP) is 1.38. The lowest BCUT2D eigenvalue weighted by Gasteiger charge is -2.12. The third kappa shape index (κ3) is 2.97. The van der Waals surface area contributed by atoms with Crippen molar-refractivity contribution in [2.24, 2.45) is 5.73 Å². The molecule has 0 unspecified atom stereocenters. The van der Waals surface area contributed by atoms with Gasteiger partial charge in [-0.1, -0.05) is 11.6 Å². The molecule has 0 spiro atoms. The van der Waals surface area contributed by atoms with E-state index in [-0.39, 0.29) is 28.6 Å². The SMILES string of the molecule is CCOC(=O)c1cc(N)cc(Cl)c1-n1ccc(C(N)=O)n1. The Kier molecular flexibility index (Phi) is 4.13. The molecule has 110 valence electrons. The van der Waals surface area contributed by atoms with Crippen molar-refractivity contribution in [3.8, 4) is 5.69 Å². The molecule has 2 rings (SSSR count). The number of carbonyl (C=O) groups is 2. The summed E-state index contributed by atoms with van der Waals surface area (Å²) in [5.74, 6) is -1.27. The first-order valence-electron chi connectivity index (χ1n) is 6.06. The van der Waals surface area contributed by atoms with E-state index in [1.807, 2.05) is 0 Å². The van der Waals surface area contributed by atoms with Gasteiger partial charge in [0.25, 0.3) is 5.91 Å². The number of nitrogen functional groups attached to an aromatic ring is 1. The van der Waals surface area contributed by atoms with E-state index in [0.717, 1.165) is 0 Å². The molecule has 0 aliphatic carbocycles. The fraction of sp³-hybridized carbons (Fsp3) is 0.154. The molecule has 2 aromatic rings. The largest absolute Gasteiger partial charge is 0.462 e. The maximum absolute atomic E-state index is 12.0. The molecule has 0 saturated carbocycles. The quantitative estimate of drug-likeness (QED) is 0.654. The third-order valence-electron chi connectivity index (χ3n) is 2.65. The highest BCUT2D eigenvalue weighted by atomic mass is 35.5. The van der Waals surface area contributed by atoms with Crippen molar-refractivity contribution in [1.29, 1.82) is 0 Å². The lowest BCUT2D eigenvalue weighted by atomic mass is 10.1. The second kappa shape index (κ2) is 5.84. The van der Waals surface area contributed by atoms with Gasteiger partial charge in [0.15, 0.2) is 0 Å². The minimum Gasteiger partial charge on any atom is -0.462 e. The van der Waals surface area contributed by atoms with Crippen LogP contribution in [-0.2, 0) is 4.74 Å². The van der Waals surface area contributed by atoms with Gasteiger partial charge in [-0.05, 0) is 25.1 Å². The molecule has 0 radical (unpaired) electrons. The van der Waals surface area contributed by atoms with Crippen molar-refractivity contribution >= 4 is 29.2 Å². The molecule has 21 heavy (non-hydrogen) atoms. The number of hydrogen-bond acceptors (Lipinski definition) is 5. The minimum atomic E-state index is -0.682. The number of anilines is 1. The average molecular weight is 309 g/mol. The summed E-state index contributed by atoms with van der Waals surface area (Å²) in [5.41, 5.74) is 11.6.